The van der Waals surface area contributed by atoms with Gasteiger partial charge in [-0.15, -0.1) is 0 Å². The highest BCUT2D eigenvalue weighted by Gasteiger charge is 2.22. The predicted octanol–water partition coefficient (Wildman–Crippen LogP) is 1.17. The molecule has 5 heteroatoms. The van der Waals surface area contributed by atoms with Crippen LogP contribution in [0.1, 0.15) is 47.0 Å². The number of hydrogen-bond donors (Lipinski definition) is 2. The third kappa shape index (κ3) is 6.78. The second-order valence-electron chi connectivity index (χ2n) is 4.56. The van der Waals surface area contributed by atoms with Crippen molar-refractivity contribution in [3.05, 3.63) is 0 Å². The molecule has 0 rings (SSSR count). The first-order chi connectivity index (χ1) is 7.92. The molecule has 0 saturated carbocycles. The van der Waals surface area contributed by atoms with Gasteiger partial charge in [-0.05, 0) is 26.7 Å². The number of carbonyl (C=O) groups is 1. The van der Waals surface area contributed by atoms with E-state index in [2.05, 4.69) is 12.2 Å². The molecule has 0 fully saturated rings. The lowest BCUT2D eigenvalue weighted by Gasteiger charge is -2.18. The van der Waals surface area contributed by atoms with Gasteiger partial charge in [0.2, 0.25) is 5.91 Å². The fourth-order valence-corrected chi connectivity index (χ4v) is 2.71. The topological polar surface area (TPSA) is 72.2 Å². The third-order valence-corrected chi connectivity index (χ3v) is 4.54. The number of rotatable bonds is 8. The van der Waals surface area contributed by atoms with E-state index in [-0.39, 0.29) is 18.0 Å². The van der Waals surface area contributed by atoms with Crippen LogP contribution >= 0.6 is 0 Å². The molecule has 102 valence electrons. The van der Waals surface area contributed by atoms with Crippen LogP contribution in [0.3, 0.4) is 0 Å². The minimum Gasteiger partial charge on any atom is -0.353 e. The molecule has 0 aliphatic heterocycles. The molecular weight excluding hydrogens is 236 g/mol. The minimum absolute atomic E-state index is 0.0841. The van der Waals surface area contributed by atoms with Gasteiger partial charge >= 0.3 is 0 Å². The summed E-state index contributed by atoms with van der Waals surface area (Å²) in [6, 6.07) is 0.0611. The first-order valence-corrected chi connectivity index (χ1v) is 7.73. The normalized spacial score (nSPS) is 18.2. The molecule has 0 aromatic carbocycles. The molecule has 0 bridgehead atoms. The van der Waals surface area contributed by atoms with Crippen LogP contribution in [0.4, 0.5) is 0 Å². The molecule has 4 nitrogen and oxygen atoms in total. The molecule has 0 aliphatic rings. The van der Waals surface area contributed by atoms with E-state index >= 15 is 0 Å². The van der Waals surface area contributed by atoms with Crippen molar-refractivity contribution in [3.63, 3.8) is 0 Å². The van der Waals surface area contributed by atoms with Crippen LogP contribution in [0, 0.1) is 0 Å². The zero-order valence-corrected chi connectivity index (χ0v) is 12.2. The maximum atomic E-state index is 11.9. The van der Waals surface area contributed by atoms with Gasteiger partial charge in [0.05, 0.1) is 0 Å². The van der Waals surface area contributed by atoms with Gasteiger partial charge in [0.15, 0.2) is 0 Å². The van der Waals surface area contributed by atoms with E-state index in [9.17, 15) is 9.00 Å². The Bertz CT molecular complexity index is 259. The maximum absolute atomic E-state index is 11.9. The Morgan fingerprint density at radius 2 is 1.94 bits per heavy atom. The van der Waals surface area contributed by atoms with Crippen LogP contribution in [0.15, 0.2) is 0 Å². The lowest BCUT2D eigenvalue weighted by atomic mass is 10.2. The summed E-state index contributed by atoms with van der Waals surface area (Å²) in [7, 11) is -1.18. The van der Waals surface area contributed by atoms with Crippen molar-refractivity contribution in [1.82, 2.24) is 5.32 Å². The fraction of sp³-hybridized carbons (Fsp3) is 0.917. The zero-order chi connectivity index (χ0) is 13.4. The lowest BCUT2D eigenvalue weighted by molar-refractivity contribution is -0.121. The van der Waals surface area contributed by atoms with Crippen molar-refractivity contribution in [2.75, 3.05) is 5.75 Å². The SMILES string of the molecule is CCCC(C)NC(=O)C(C)S(=O)CC(N)CC. The number of carbonyl (C=O) groups excluding carboxylic acids is 1. The molecule has 0 aromatic rings. The molecular formula is C12H26N2O2S. The summed E-state index contributed by atoms with van der Waals surface area (Å²) in [6.45, 7) is 7.70. The Kier molecular flexibility index (Phi) is 8.43. The van der Waals surface area contributed by atoms with Crippen molar-refractivity contribution in [2.45, 2.75) is 64.3 Å². The van der Waals surface area contributed by atoms with Crippen LogP contribution in [0.5, 0.6) is 0 Å². The molecule has 3 N–H and O–H groups in total. The molecule has 0 heterocycles. The highest BCUT2D eigenvalue weighted by molar-refractivity contribution is 7.86. The Morgan fingerprint density at radius 3 is 2.41 bits per heavy atom. The van der Waals surface area contributed by atoms with Crippen molar-refractivity contribution in [1.29, 1.82) is 0 Å². The first-order valence-electron chi connectivity index (χ1n) is 6.35. The first kappa shape index (κ1) is 16.6. The summed E-state index contributed by atoms with van der Waals surface area (Å²) in [5.74, 6) is 0.264. The van der Waals surface area contributed by atoms with Gasteiger partial charge in [0.25, 0.3) is 0 Å². The van der Waals surface area contributed by atoms with Crippen LogP contribution in [-0.4, -0.2) is 33.2 Å². The van der Waals surface area contributed by atoms with Crippen LogP contribution in [0.2, 0.25) is 0 Å². The molecule has 0 aliphatic carbocycles. The Hall–Kier alpha value is -0.420. The Labute approximate surface area is 107 Å². The largest absolute Gasteiger partial charge is 0.353 e. The molecule has 4 atom stereocenters. The summed E-state index contributed by atoms with van der Waals surface area (Å²) in [4.78, 5) is 11.8. The molecule has 4 unspecified atom stereocenters. The van der Waals surface area contributed by atoms with E-state index in [0.29, 0.717) is 5.75 Å². The van der Waals surface area contributed by atoms with Gasteiger partial charge in [-0.25, -0.2) is 0 Å². The summed E-state index contributed by atoms with van der Waals surface area (Å²) in [5, 5.41) is 2.40. The zero-order valence-electron chi connectivity index (χ0n) is 11.4. The van der Waals surface area contributed by atoms with Crippen molar-refractivity contribution >= 4 is 16.7 Å². The monoisotopic (exact) mass is 262 g/mol. The maximum Gasteiger partial charge on any atom is 0.235 e. The number of nitrogens with two attached hydrogens (primary N) is 1. The van der Waals surface area contributed by atoms with Gasteiger partial charge in [-0.1, -0.05) is 20.3 Å². The van der Waals surface area contributed by atoms with Crippen LogP contribution in [0.25, 0.3) is 0 Å². The average Bonchev–Trinajstić information content (AvgIpc) is 2.27. The van der Waals surface area contributed by atoms with Crippen LogP contribution < -0.4 is 11.1 Å². The number of nitrogens with one attached hydrogen (secondary N) is 1. The summed E-state index contributed by atoms with van der Waals surface area (Å²) in [5.41, 5.74) is 5.74. The Balaban J connectivity index is 4.15. The summed E-state index contributed by atoms with van der Waals surface area (Å²) < 4.78 is 11.9. The third-order valence-electron chi connectivity index (χ3n) is 2.78. The van der Waals surface area contributed by atoms with Gasteiger partial charge in [0, 0.05) is 28.6 Å². The molecule has 0 saturated heterocycles. The quantitative estimate of drug-likeness (QED) is 0.689. The van der Waals surface area contributed by atoms with Gasteiger partial charge in [0.1, 0.15) is 5.25 Å². The van der Waals surface area contributed by atoms with E-state index in [4.69, 9.17) is 5.73 Å². The molecule has 0 spiro atoms. The molecule has 1 amide bonds. The van der Waals surface area contributed by atoms with Gasteiger partial charge in [-0.3, -0.25) is 9.00 Å². The van der Waals surface area contributed by atoms with E-state index in [1.165, 1.54) is 0 Å². The fourth-order valence-electron chi connectivity index (χ4n) is 1.46. The Morgan fingerprint density at radius 1 is 1.35 bits per heavy atom. The van der Waals surface area contributed by atoms with E-state index in [0.717, 1.165) is 19.3 Å². The highest BCUT2D eigenvalue weighted by Crippen LogP contribution is 2.02. The summed E-state index contributed by atoms with van der Waals surface area (Å²) >= 11 is 0. The molecule has 0 aromatic heterocycles. The number of hydrogen-bond acceptors (Lipinski definition) is 3. The van der Waals surface area contributed by atoms with Gasteiger partial charge < -0.3 is 11.1 Å². The van der Waals surface area contributed by atoms with E-state index < -0.39 is 16.0 Å². The van der Waals surface area contributed by atoms with Crippen molar-refractivity contribution in [2.24, 2.45) is 5.73 Å². The van der Waals surface area contributed by atoms with E-state index in [1.54, 1.807) is 6.92 Å². The smallest absolute Gasteiger partial charge is 0.235 e. The minimum atomic E-state index is -1.18. The lowest BCUT2D eigenvalue weighted by Crippen LogP contribution is -2.42. The number of amides is 1. The van der Waals surface area contributed by atoms with E-state index in [1.807, 2.05) is 13.8 Å². The summed E-state index contributed by atoms with van der Waals surface area (Å²) in [6.07, 6.45) is 2.76. The van der Waals surface area contributed by atoms with Crippen LogP contribution in [-0.2, 0) is 15.6 Å². The van der Waals surface area contributed by atoms with Gasteiger partial charge in [-0.2, -0.15) is 0 Å². The van der Waals surface area contributed by atoms with Crippen molar-refractivity contribution in [3.8, 4) is 0 Å². The second-order valence-corrected chi connectivity index (χ2v) is 6.36. The predicted molar refractivity (Wildman–Crippen MR) is 73.3 cm³/mol. The highest BCUT2D eigenvalue weighted by atomic mass is 32.2. The molecule has 0 radical (unpaired) electrons. The second kappa shape index (κ2) is 8.64. The standard InChI is InChI=1S/C12H26N2O2S/c1-5-7-9(3)14-12(15)10(4)17(16)8-11(13)6-2/h9-11H,5-8,13H2,1-4H3,(H,14,15). The van der Waals surface area contributed by atoms with Crippen molar-refractivity contribution < 1.29 is 9.00 Å². The molecule has 17 heavy (non-hydrogen) atoms. The average molecular weight is 262 g/mol.